The molecule has 1 unspecified atom stereocenters. The van der Waals surface area contributed by atoms with E-state index in [0.29, 0.717) is 11.7 Å². The lowest BCUT2D eigenvalue weighted by atomic mass is 10.0. The average Bonchev–Trinajstić information content (AvgIpc) is 2.83. The zero-order valence-electron chi connectivity index (χ0n) is 12.9. The Morgan fingerprint density at radius 3 is 2.86 bits per heavy atom. The van der Waals surface area contributed by atoms with Crippen molar-refractivity contribution in [1.29, 1.82) is 0 Å². The number of amides is 1. The van der Waals surface area contributed by atoms with Gasteiger partial charge in [-0.05, 0) is 70.3 Å². The molecule has 1 heterocycles. The first-order chi connectivity index (χ1) is 9.83. The van der Waals surface area contributed by atoms with Crippen molar-refractivity contribution in [2.24, 2.45) is 0 Å². The molecule has 1 saturated heterocycles. The molecule has 0 aliphatic carbocycles. The fourth-order valence-corrected chi connectivity index (χ4v) is 2.48. The van der Waals surface area contributed by atoms with E-state index >= 15 is 0 Å². The van der Waals surface area contributed by atoms with E-state index in [9.17, 15) is 9.90 Å². The number of benzene rings is 1. The number of phenols is 1. The number of ether oxygens (including phenoxy) is 1. The Bertz CT molecular complexity index is 503. The van der Waals surface area contributed by atoms with Crippen LogP contribution in [0.15, 0.2) is 18.2 Å². The van der Waals surface area contributed by atoms with Crippen LogP contribution in [0.3, 0.4) is 0 Å². The Kier molecular flexibility index (Phi) is 4.73. The molecule has 5 heteroatoms. The minimum Gasteiger partial charge on any atom is -0.508 e. The monoisotopic (exact) mass is 292 g/mol. The second kappa shape index (κ2) is 6.35. The first-order valence-corrected chi connectivity index (χ1v) is 7.39. The van der Waals surface area contributed by atoms with Gasteiger partial charge in [0, 0.05) is 11.7 Å². The lowest BCUT2D eigenvalue weighted by Gasteiger charge is -2.21. The molecule has 0 bridgehead atoms. The van der Waals surface area contributed by atoms with Crippen LogP contribution < -0.4 is 10.6 Å². The molecule has 5 nitrogen and oxygen atoms in total. The lowest BCUT2D eigenvalue weighted by Crippen LogP contribution is -2.28. The van der Waals surface area contributed by atoms with Gasteiger partial charge in [0.25, 0.3) is 0 Å². The van der Waals surface area contributed by atoms with Crippen molar-refractivity contribution in [1.82, 2.24) is 5.32 Å². The van der Waals surface area contributed by atoms with Gasteiger partial charge in [0.05, 0.1) is 0 Å². The van der Waals surface area contributed by atoms with E-state index in [-0.39, 0.29) is 5.75 Å². The highest BCUT2D eigenvalue weighted by Crippen LogP contribution is 2.25. The molecule has 21 heavy (non-hydrogen) atoms. The lowest BCUT2D eigenvalue weighted by molar-refractivity contribution is 0.0635. The van der Waals surface area contributed by atoms with E-state index in [4.69, 9.17) is 4.74 Å². The van der Waals surface area contributed by atoms with Crippen LogP contribution in [0.2, 0.25) is 0 Å². The van der Waals surface area contributed by atoms with Crippen molar-refractivity contribution in [2.45, 2.75) is 51.7 Å². The summed E-state index contributed by atoms with van der Waals surface area (Å²) in [5, 5.41) is 15.9. The number of hydrogen-bond donors (Lipinski definition) is 3. The largest absolute Gasteiger partial charge is 0.508 e. The molecule has 1 aliphatic rings. The Morgan fingerprint density at radius 1 is 1.48 bits per heavy atom. The summed E-state index contributed by atoms with van der Waals surface area (Å²) in [6, 6.07) is 5.38. The summed E-state index contributed by atoms with van der Waals surface area (Å²) in [6.07, 6.45) is 2.58. The summed E-state index contributed by atoms with van der Waals surface area (Å²) in [6.45, 7) is 6.50. The van der Waals surface area contributed by atoms with Crippen LogP contribution in [0.5, 0.6) is 5.75 Å². The third kappa shape index (κ3) is 4.93. The van der Waals surface area contributed by atoms with E-state index in [1.54, 1.807) is 18.2 Å². The van der Waals surface area contributed by atoms with Gasteiger partial charge in [-0.1, -0.05) is 0 Å². The van der Waals surface area contributed by atoms with Gasteiger partial charge in [-0.25, -0.2) is 4.79 Å². The molecule has 1 aromatic rings. The number of nitrogens with one attached hydrogen (secondary N) is 2. The first kappa shape index (κ1) is 15.6. The van der Waals surface area contributed by atoms with Crippen molar-refractivity contribution in [2.75, 3.05) is 11.9 Å². The zero-order chi connectivity index (χ0) is 15.5. The van der Waals surface area contributed by atoms with Gasteiger partial charge in [-0.15, -0.1) is 0 Å². The first-order valence-electron chi connectivity index (χ1n) is 7.39. The topological polar surface area (TPSA) is 70.6 Å². The molecule has 1 aromatic carbocycles. The maximum Gasteiger partial charge on any atom is 0.412 e. The van der Waals surface area contributed by atoms with Gasteiger partial charge in [-0.3, -0.25) is 5.32 Å². The molecule has 0 radical (unpaired) electrons. The zero-order valence-corrected chi connectivity index (χ0v) is 12.9. The molecule has 2 rings (SSSR count). The Balaban J connectivity index is 2.08. The summed E-state index contributed by atoms with van der Waals surface area (Å²) in [5.74, 6) is 0.206. The molecular formula is C16H24N2O3. The van der Waals surface area contributed by atoms with E-state index in [2.05, 4.69) is 10.6 Å². The fourth-order valence-electron chi connectivity index (χ4n) is 2.48. The van der Waals surface area contributed by atoms with Crippen molar-refractivity contribution in [3.05, 3.63) is 23.8 Å². The van der Waals surface area contributed by atoms with Crippen LogP contribution in [-0.4, -0.2) is 29.4 Å². The van der Waals surface area contributed by atoms with E-state index < -0.39 is 11.7 Å². The smallest absolute Gasteiger partial charge is 0.412 e. The molecule has 1 aliphatic heterocycles. The van der Waals surface area contributed by atoms with Gasteiger partial charge >= 0.3 is 6.09 Å². The minimum absolute atomic E-state index is 0.206. The highest BCUT2D eigenvalue weighted by molar-refractivity contribution is 5.86. The normalized spacial score (nSPS) is 18.5. The highest BCUT2D eigenvalue weighted by atomic mass is 16.6. The number of rotatable bonds is 3. The number of phenolic OH excluding ortho intramolecular Hbond substituents is 1. The maximum atomic E-state index is 11.9. The summed E-state index contributed by atoms with van der Waals surface area (Å²) < 4.78 is 5.27. The SMILES string of the molecule is CC(C)(C)OC(=O)Nc1ccc(O)cc1CC1CCCN1. The summed E-state index contributed by atoms with van der Waals surface area (Å²) >= 11 is 0. The molecule has 0 aromatic heterocycles. The molecule has 1 atom stereocenters. The number of hydrogen-bond acceptors (Lipinski definition) is 4. The van der Waals surface area contributed by atoms with Crippen LogP contribution >= 0.6 is 0 Å². The van der Waals surface area contributed by atoms with Gasteiger partial charge < -0.3 is 15.2 Å². The van der Waals surface area contributed by atoms with Crippen molar-refractivity contribution < 1.29 is 14.6 Å². The number of carbonyl (C=O) groups is 1. The van der Waals surface area contributed by atoms with E-state index in [0.717, 1.165) is 31.4 Å². The second-order valence-corrected chi connectivity index (χ2v) is 6.47. The molecule has 116 valence electrons. The van der Waals surface area contributed by atoms with Crippen molar-refractivity contribution in [3.8, 4) is 5.75 Å². The molecule has 1 amide bonds. The fraction of sp³-hybridized carbons (Fsp3) is 0.562. The molecule has 1 fully saturated rings. The van der Waals surface area contributed by atoms with E-state index in [1.165, 1.54) is 0 Å². The van der Waals surface area contributed by atoms with Crippen LogP contribution in [0.1, 0.15) is 39.2 Å². The Hall–Kier alpha value is -1.75. The average molecular weight is 292 g/mol. The van der Waals surface area contributed by atoms with Gasteiger partial charge in [0.15, 0.2) is 0 Å². The van der Waals surface area contributed by atoms with Crippen molar-refractivity contribution >= 4 is 11.8 Å². The predicted molar refractivity (Wildman–Crippen MR) is 82.7 cm³/mol. The molecule has 0 saturated carbocycles. The third-order valence-electron chi connectivity index (χ3n) is 3.35. The summed E-state index contributed by atoms with van der Waals surface area (Å²) in [5.41, 5.74) is 1.07. The Labute approximate surface area is 125 Å². The Morgan fingerprint density at radius 2 is 2.24 bits per heavy atom. The summed E-state index contributed by atoms with van der Waals surface area (Å²) in [4.78, 5) is 11.9. The quantitative estimate of drug-likeness (QED) is 0.749. The number of carbonyl (C=O) groups excluding carboxylic acids is 1. The van der Waals surface area contributed by atoms with E-state index in [1.807, 2.05) is 20.8 Å². The third-order valence-corrected chi connectivity index (χ3v) is 3.35. The number of anilines is 1. The molecule has 0 spiro atoms. The standard InChI is InChI=1S/C16H24N2O3/c1-16(2,3)21-15(20)18-14-7-6-13(19)10-11(14)9-12-5-4-8-17-12/h6-7,10,12,17,19H,4-5,8-9H2,1-3H3,(H,18,20). The van der Waals surface area contributed by atoms with Gasteiger partial charge in [-0.2, -0.15) is 0 Å². The second-order valence-electron chi connectivity index (χ2n) is 6.47. The minimum atomic E-state index is -0.534. The van der Waals surface area contributed by atoms with Crippen LogP contribution in [0.4, 0.5) is 10.5 Å². The molecule has 3 N–H and O–H groups in total. The maximum absolute atomic E-state index is 11.9. The van der Waals surface area contributed by atoms with Crippen LogP contribution in [0, 0.1) is 0 Å². The van der Waals surface area contributed by atoms with Crippen molar-refractivity contribution in [3.63, 3.8) is 0 Å². The highest BCUT2D eigenvalue weighted by Gasteiger charge is 2.20. The summed E-state index contributed by atoms with van der Waals surface area (Å²) in [7, 11) is 0. The van der Waals surface area contributed by atoms with Gasteiger partial charge in [0.1, 0.15) is 11.4 Å². The van der Waals surface area contributed by atoms with Crippen LogP contribution in [0.25, 0.3) is 0 Å². The number of aromatic hydroxyl groups is 1. The van der Waals surface area contributed by atoms with Gasteiger partial charge in [0.2, 0.25) is 0 Å². The molecular weight excluding hydrogens is 268 g/mol. The predicted octanol–water partition coefficient (Wildman–Crippen LogP) is 3.03. The van der Waals surface area contributed by atoms with Crippen LogP contribution in [-0.2, 0) is 11.2 Å².